The van der Waals surface area contributed by atoms with Crippen molar-refractivity contribution in [1.29, 1.82) is 0 Å². The molecule has 2 aliphatic rings. The average molecular weight is 278 g/mol. The molecule has 0 aromatic carbocycles. The summed E-state index contributed by atoms with van der Waals surface area (Å²) in [6.07, 6.45) is 2.24. The zero-order chi connectivity index (χ0) is 14.3. The minimum atomic E-state index is -0.763. The van der Waals surface area contributed by atoms with E-state index in [2.05, 4.69) is 15.4 Å². The highest BCUT2D eigenvalue weighted by molar-refractivity contribution is 6.07. The highest BCUT2D eigenvalue weighted by Gasteiger charge is 2.55. The molecule has 7 heteroatoms. The molecule has 20 heavy (non-hydrogen) atoms. The van der Waals surface area contributed by atoms with E-state index in [0.717, 1.165) is 12.3 Å². The number of rotatable bonds is 3. The predicted octanol–water partition coefficient (Wildman–Crippen LogP) is 0.579. The summed E-state index contributed by atoms with van der Waals surface area (Å²) in [6.45, 7) is 5.56. The van der Waals surface area contributed by atoms with Crippen LogP contribution in [0.2, 0.25) is 0 Å². The van der Waals surface area contributed by atoms with Crippen LogP contribution < -0.4 is 5.32 Å². The Bertz CT molecular complexity index is 528. The first-order valence-electron chi connectivity index (χ1n) is 6.79. The second-order valence-electron chi connectivity index (χ2n) is 5.72. The minimum Gasteiger partial charge on any atom is -0.360 e. The van der Waals surface area contributed by atoms with Gasteiger partial charge < -0.3 is 9.84 Å². The first-order valence-corrected chi connectivity index (χ1v) is 6.79. The average Bonchev–Trinajstić information content (AvgIpc) is 3.04. The van der Waals surface area contributed by atoms with Gasteiger partial charge in [-0.2, -0.15) is 0 Å². The van der Waals surface area contributed by atoms with Gasteiger partial charge in [-0.15, -0.1) is 0 Å². The zero-order valence-electron chi connectivity index (χ0n) is 11.6. The third-order valence-corrected chi connectivity index (χ3v) is 3.93. The molecule has 0 saturated carbocycles. The van der Waals surface area contributed by atoms with E-state index in [1.54, 1.807) is 12.3 Å². The minimum absolute atomic E-state index is 0.113. The smallest absolute Gasteiger partial charge is 0.325 e. The number of urea groups is 1. The summed E-state index contributed by atoms with van der Waals surface area (Å²) in [4.78, 5) is 27.9. The quantitative estimate of drug-likeness (QED) is 0.818. The van der Waals surface area contributed by atoms with Gasteiger partial charge in [-0.25, -0.2) is 4.79 Å². The normalized spacial score (nSPS) is 27.1. The summed E-state index contributed by atoms with van der Waals surface area (Å²) in [7, 11) is 0. The van der Waals surface area contributed by atoms with E-state index < -0.39 is 5.54 Å². The fraction of sp³-hybridized carbons (Fsp3) is 0.615. The summed E-state index contributed by atoms with van der Waals surface area (Å²) in [5.74, 6) is 0.650. The van der Waals surface area contributed by atoms with Crippen LogP contribution >= 0.6 is 0 Å². The van der Waals surface area contributed by atoms with Crippen LogP contribution in [-0.2, 0) is 11.3 Å². The summed E-state index contributed by atoms with van der Waals surface area (Å²) in [5.41, 5.74) is -0.763. The molecule has 3 heterocycles. The van der Waals surface area contributed by atoms with Gasteiger partial charge in [0.15, 0.2) is 5.76 Å². The Hall–Kier alpha value is -1.89. The maximum atomic E-state index is 12.5. The van der Waals surface area contributed by atoms with Crippen molar-refractivity contribution in [2.24, 2.45) is 0 Å². The van der Waals surface area contributed by atoms with Crippen molar-refractivity contribution in [3.05, 3.63) is 18.0 Å². The van der Waals surface area contributed by atoms with Crippen LogP contribution in [0.4, 0.5) is 4.79 Å². The van der Waals surface area contributed by atoms with Gasteiger partial charge in [-0.1, -0.05) is 5.16 Å². The lowest BCUT2D eigenvalue weighted by atomic mass is 9.98. The maximum Gasteiger partial charge on any atom is 0.325 e. The molecule has 0 bridgehead atoms. The standard InChI is InChI=1S/C13H18N4O3/c1-9(2)17-11(18)13(15-12(17)19)4-6-16(8-13)7-10-3-5-14-20-10/h3,5,9H,4,6-8H2,1-2H3,(H,15,19)/t13-/m0/s1. The SMILES string of the molecule is CC(C)N1C(=O)N[C@]2(CCN(Cc3ccno3)C2)C1=O. The van der Waals surface area contributed by atoms with Crippen molar-refractivity contribution in [2.45, 2.75) is 38.4 Å². The number of imide groups is 1. The molecule has 1 atom stereocenters. The molecule has 1 N–H and O–H groups in total. The highest BCUT2D eigenvalue weighted by Crippen LogP contribution is 2.30. The van der Waals surface area contributed by atoms with E-state index in [1.807, 2.05) is 13.8 Å². The van der Waals surface area contributed by atoms with Crippen LogP contribution in [0.5, 0.6) is 0 Å². The molecule has 2 aliphatic heterocycles. The van der Waals surface area contributed by atoms with E-state index in [4.69, 9.17) is 4.52 Å². The maximum absolute atomic E-state index is 12.5. The second-order valence-corrected chi connectivity index (χ2v) is 5.72. The largest absolute Gasteiger partial charge is 0.360 e. The Morgan fingerprint density at radius 3 is 2.90 bits per heavy atom. The van der Waals surface area contributed by atoms with Crippen LogP contribution in [0.15, 0.2) is 16.8 Å². The van der Waals surface area contributed by atoms with Gasteiger partial charge in [0.1, 0.15) is 5.54 Å². The monoisotopic (exact) mass is 278 g/mol. The van der Waals surface area contributed by atoms with Gasteiger partial charge in [0.05, 0.1) is 12.7 Å². The number of nitrogens with zero attached hydrogens (tertiary/aromatic N) is 3. The Morgan fingerprint density at radius 2 is 2.30 bits per heavy atom. The molecular weight excluding hydrogens is 260 g/mol. The van der Waals surface area contributed by atoms with Gasteiger partial charge in [0.2, 0.25) is 0 Å². The molecular formula is C13H18N4O3. The topological polar surface area (TPSA) is 78.7 Å². The molecule has 1 aromatic rings. The van der Waals surface area contributed by atoms with Gasteiger partial charge in [0, 0.05) is 25.2 Å². The van der Waals surface area contributed by atoms with E-state index in [1.165, 1.54) is 4.90 Å². The van der Waals surface area contributed by atoms with Gasteiger partial charge in [-0.3, -0.25) is 14.6 Å². The van der Waals surface area contributed by atoms with Crippen molar-refractivity contribution in [1.82, 2.24) is 20.3 Å². The summed E-state index contributed by atoms with van der Waals surface area (Å²) in [6, 6.07) is 1.40. The van der Waals surface area contributed by atoms with E-state index in [9.17, 15) is 9.59 Å². The molecule has 7 nitrogen and oxygen atoms in total. The van der Waals surface area contributed by atoms with Crippen LogP contribution in [0.25, 0.3) is 0 Å². The van der Waals surface area contributed by atoms with Crippen molar-refractivity contribution < 1.29 is 14.1 Å². The van der Waals surface area contributed by atoms with E-state index in [-0.39, 0.29) is 18.0 Å². The summed E-state index contributed by atoms with van der Waals surface area (Å²) in [5, 5.41) is 6.54. The Labute approximate surface area is 116 Å². The third kappa shape index (κ3) is 1.98. The molecule has 0 aliphatic carbocycles. The first kappa shape index (κ1) is 13.1. The lowest BCUT2D eigenvalue weighted by Gasteiger charge is -2.22. The number of carbonyl (C=O) groups excluding carboxylic acids is 2. The number of aromatic nitrogens is 1. The Balaban J connectivity index is 1.73. The van der Waals surface area contributed by atoms with Gasteiger partial charge in [0.25, 0.3) is 5.91 Å². The second kappa shape index (κ2) is 4.59. The molecule has 3 amide bonds. The van der Waals surface area contributed by atoms with Crippen molar-refractivity contribution in [2.75, 3.05) is 13.1 Å². The molecule has 1 aromatic heterocycles. The lowest BCUT2D eigenvalue weighted by Crippen LogP contribution is -2.49. The molecule has 0 radical (unpaired) electrons. The fourth-order valence-corrected chi connectivity index (χ4v) is 2.95. The first-order chi connectivity index (χ1) is 9.52. The fourth-order valence-electron chi connectivity index (χ4n) is 2.95. The Morgan fingerprint density at radius 1 is 1.50 bits per heavy atom. The van der Waals surface area contributed by atoms with Crippen molar-refractivity contribution in [3.8, 4) is 0 Å². The molecule has 2 fully saturated rings. The zero-order valence-corrected chi connectivity index (χ0v) is 11.6. The van der Waals surface area contributed by atoms with Crippen LogP contribution in [0.3, 0.4) is 0 Å². The Kier molecular flexibility index (Phi) is 3.01. The molecule has 2 saturated heterocycles. The van der Waals surface area contributed by atoms with Crippen molar-refractivity contribution in [3.63, 3.8) is 0 Å². The van der Waals surface area contributed by atoms with Crippen LogP contribution in [0, 0.1) is 0 Å². The number of hydrogen-bond donors (Lipinski definition) is 1. The summed E-state index contributed by atoms with van der Waals surface area (Å²) >= 11 is 0. The number of likely N-dealkylation sites (tertiary alicyclic amines) is 1. The predicted molar refractivity (Wildman–Crippen MR) is 69.6 cm³/mol. The number of carbonyl (C=O) groups is 2. The highest BCUT2D eigenvalue weighted by atomic mass is 16.5. The van der Waals surface area contributed by atoms with Gasteiger partial charge in [-0.05, 0) is 20.3 Å². The van der Waals surface area contributed by atoms with Crippen LogP contribution in [0.1, 0.15) is 26.0 Å². The lowest BCUT2D eigenvalue weighted by molar-refractivity contribution is -0.132. The number of nitrogens with one attached hydrogen (secondary N) is 1. The van der Waals surface area contributed by atoms with E-state index >= 15 is 0 Å². The van der Waals surface area contributed by atoms with E-state index in [0.29, 0.717) is 19.5 Å². The third-order valence-electron chi connectivity index (χ3n) is 3.93. The summed E-state index contributed by atoms with van der Waals surface area (Å²) < 4.78 is 5.08. The van der Waals surface area contributed by atoms with Crippen molar-refractivity contribution >= 4 is 11.9 Å². The molecule has 0 unspecified atom stereocenters. The molecule has 3 rings (SSSR count). The number of amides is 3. The molecule has 108 valence electrons. The van der Waals surface area contributed by atoms with Gasteiger partial charge >= 0.3 is 6.03 Å². The molecule has 1 spiro atoms. The van der Waals surface area contributed by atoms with Crippen LogP contribution in [-0.4, -0.2) is 51.6 Å². The number of hydrogen-bond acceptors (Lipinski definition) is 5.